The summed E-state index contributed by atoms with van der Waals surface area (Å²) >= 11 is 1.59. The Kier molecular flexibility index (Phi) is 3.07. The Balaban J connectivity index is 1.94. The van der Waals surface area contributed by atoms with Crippen LogP contribution in [0.2, 0.25) is 0 Å². The molecule has 100 valence electrons. The third-order valence-electron chi connectivity index (χ3n) is 3.68. The van der Waals surface area contributed by atoms with E-state index in [0.29, 0.717) is 0 Å². The summed E-state index contributed by atoms with van der Waals surface area (Å²) in [6.45, 7) is 6.73. The number of amides is 1. The van der Waals surface area contributed by atoms with E-state index in [1.165, 1.54) is 4.70 Å². The summed E-state index contributed by atoms with van der Waals surface area (Å²) in [5.41, 5.74) is -0.120. The number of thiophene rings is 1. The molecule has 1 aliphatic rings. The van der Waals surface area contributed by atoms with Crippen molar-refractivity contribution in [3.63, 3.8) is 0 Å². The van der Waals surface area contributed by atoms with Crippen molar-refractivity contribution in [1.29, 1.82) is 0 Å². The maximum Gasteiger partial charge on any atom is 0.264 e. The first-order valence-electron chi connectivity index (χ1n) is 6.59. The second-order valence-corrected chi connectivity index (χ2v) is 6.68. The fourth-order valence-electron chi connectivity index (χ4n) is 2.58. The predicted molar refractivity (Wildman–Crippen MR) is 79.8 cm³/mol. The summed E-state index contributed by atoms with van der Waals surface area (Å²) in [4.78, 5) is 15.5. The van der Waals surface area contributed by atoms with Gasteiger partial charge in [-0.1, -0.05) is 18.2 Å². The van der Waals surface area contributed by atoms with E-state index in [2.05, 4.69) is 31.3 Å². The van der Waals surface area contributed by atoms with Crippen LogP contribution in [0.5, 0.6) is 0 Å². The van der Waals surface area contributed by atoms with E-state index >= 15 is 0 Å². The zero-order valence-electron chi connectivity index (χ0n) is 11.3. The number of carbonyl (C=O) groups is 1. The lowest BCUT2D eigenvalue weighted by Gasteiger charge is -2.42. The fourth-order valence-corrected chi connectivity index (χ4v) is 3.59. The van der Waals surface area contributed by atoms with Crippen LogP contribution in [0.1, 0.15) is 23.5 Å². The second-order valence-electron chi connectivity index (χ2n) is 5.59. The van der Waals surface area contributed by atoms with Gasteiger partial charge in [0.05, 0.1) is 10.4 Å². The van der Waals surface area contributed by atoms with E-state index in [9.17, 15) is 4.79 Å². The molecule has 0 bridgehead atoms. The van der Waals surface area contributed by atoms with E-state index in [1.54, 1.807) is 11.3 Å². The summed E-state index contributed by atoms with van der Waals surface area (Å²) in [5, 5.41) is 4.50. The maximum absolute atomic E-state index is 12.7. The number of nitrogens with zero attached hydrogens (tertiary/aromatic N) is 1. The van der Waals surface area contributed by atoms with Gasteiger partial charge >= 0.3 is 0 Å². The molecule has 1 N–H and O–H groups in total. The van der Waals surface area contributed by atoms with Crippen LogP contribution in [0, 0.1) is 0 Å². The number of rotatable bonds is 1. The highest BCUT2D eigenvalue weighted by Gasteiger charge is 2.34. The minimum absolute atomic E-state index is 0.120. The van der Waals surface area contributed by atoms with Gasteiger partial charge in [0.15, 0.2) is 0 Å². The highest BCUT2D eigenvalue weighted by molar-refractivity contribution is 7.20. The van der Waals surface area contributed by atoms with Gasteiger partial charge in [-0.3, -0.25) is 4.79 Å². The molecule has 2 heterocycles. The normalized spacial score (nSPS) is 18.7. The number of hydrogen-bond donors (Lipinski definition) is 1. The molecular weight excluding hydrogens is 256 g/mol. The van der Waals surface area contributed by atoms with Gasteiger partial charge < -0.3 is 10.2 Å². The third-order valence-corrected chi connectivity index (χ3v) is 4.79. The first-order valence-corrected chi connectivity index (χ1v) is 7.41. The minimum atomic E-state index is -0.120. The summed E-state index contributed by atoms with van der Waals surface area (Å²) in [6.07, 6.45) is 0. The van der Waals surface area contributed by atoms with E-state index in [4.69, 9.17) is 0 Å². The lowest BCUT2D eigenvalue weighted by molar-refractivity contribution is 0.0482. The molecule has 1 aromatic heterocycles. The number of piperazine rings is 1. The van der Waals surface area contributed by atoms with Gasteiger partial charge in [-0.05, 0) is 31.4 Å². The molecule has 0 radical (unpaired) electrons. The highest BCUT2D eigenvalue weighted by atomic mass is 32.1. The van der Waals surface area contributed by atoms with Crippen LogP contribution in [0.3, 0.4) is 0 Å². The van der Waals surface area contributed by atoms with Crippen LogP contribution < -0.4 is 5.32 Å². The van der Waals surface area contributed by atoms with E-state index in [1.807, 2.05) is 23.1 Å². The van der Waals surface area contributed by atoms with E-state index in [-0.39, 0.29) is 11.4 Å². The highest BCUT2D eigenvalue weighted by Crippen LogP contribution is 2.28. The molecule has 0 aliphatic carbocycles. The predicted octanol–water partition coefficient (Wildman–Crippen LogP) is 2.73. The molecule has 0 atom stereocenters. The Hall–Kier alpha value is -1.39. The smallest absolute Gasteiger partial charge is 0.264 e. The molecule has 0 saturated carbocycles. The van der Waals surface area contributed by atoms with E-state index < -0.39 is 0 Å². The third kappa shape index (κ3) is 2.26. The summed E-state index contributed by atoms with van der Waals surface area (Å²) < 4.78 is 1.18. The summed E-state index contributed by atoms with van der Waals surface area (Å²) in [6, 6.07) is 10.2. The first-order chi connectivity index (χ1) is 9.08. The van der Waals surface area contributed by atoms with Crippen molar-refractivity contribution in [1.82, 2.24) is 10.2 Å². The van der Waals surface area contributed by atoms with Crippen LogP contribution in [0.15, 0.2) is 30.3 Å². The molecule has 1 fully saturated rings. The topological polar surface area (TPSA) is 32.3 Å². The Morgan fingerprint density at radius 3 is 2.89 bits per heavy atom. The van der Waals surface area contributed by atoms with E-state index in [0.717, 1.165) is 29.9 Å². The van der Waals surface area contributed by atoms with Gasteiger partial charge in [0.2, 0.25) is 0 Å². The summed E-state index contributed by atoms with van der Waals surface area (Å²) in [5.74, 6) is 0.160. The largest absolute Gasteiger partial charge is 0.330 e. The molecular formula is C15H18N2OS. The Morgan fingerprint density at radius 2 is 2.16 bits per heavy atom. The van der Waals surface area contributed by atoms with Crippen molar-refractivity contribution in [3.8, 4) is 0 Å². The zero-order chi connectivity index (χ0) is 13.5. The molecule has 1 saturated heterocycles. The number of hydrogen-bond acceptors (Lipinski definition) is 3. The molecule has 3 nitrogen and oxygen atoms in total. The Bertz CT molecular complexity index is 584. The van der Waals surface area contributed by atoms with Crippen LogP contribution in [-0.2, 0) is 0 Å². The van der Waals surface area contributed by atoms with Crippen molar-refractivity contribution in [2.45, 2.75) is 19.4 Å². The SMILES string of the molecule is CC1(C)CNCCN1C(=O)c1cc2ccccc2s1. The van der Waals surface area contributed by atoms with Gasteiger partial charge in [0, 0.05) is 24.3 Å². The molecule has 3 rings (SSSR count). The molecule has 1 amide bonds. The zero-order valence-corrected chi connectivity index (χ0v) is 12.1. The minimum Gasteiger partial charge on any atom is -0.330 e. The van der Waals surface area contributed by atoms with Gasteiger partial charge in [0.1, 0.15) is 0 Å². The van der Waals surface area contributed by atoms with Crippen LogP contribution in [0.4, 0.5) is 0 Å². The van der Waals surface area contributed by atoms with Crippen LogP contribution in [0.25, 0.3) is 10.1 Å². The van der Waals surface area contributed by atoms with Gasteiger partial charge in [-0.25, -0.2) is 0 Å². The lowest BCUT2D eigenvalue weighted by atomic mass is 10.00. The second kappa shape index (κ2) is 4.62. The monoisotopic (exact) mass is 274 g/mol. The van der Waals surface area contributed by atoms with Crippen molar-refractivity contribution in [2.75, 3.05) is 19.6 Å². The van der Waals surface area contributed by atoms with Gasteiger partial charge in [0.25, 0.3) is 5.91 Å². The quantitative estimate of drug-likeness (QED) is 0.867. The van der Waals surface area contributed by atoms with Gasteiger partial charge in [-0.15, -0.1) is 11.3 Å². The molecule has 2 aromatic rings. The standard InChI is InChI=1S/C15H18N2OS/c1-15(2)10-16-7-8-17(15)14(18)13-9-11-5-3-4-6-12(11)19-13/h3-6,9,16H,7-8,10H2,1-2H3. The average molecular weight is 274 g/mol. The summed E-state index contributed by atoms with van der Waals surface area (Å²) in [7, 11) is 0. The number of nitrogens with one attached hydrogen (secondary N) is 1. The molecule has 4 heteroatoms. The first kappa shape index (κ1) is 12.6. The Morgan fingerprint density at radius 1 is 1.37 bits per heavy atom. The molecule has 1 aromatic carbocycles. The molecule has 0 spiro atoms. The van der Waals surface area contributed by atoms with Crippen molar-refractivity contribution in [3.05, 3.63) is 35.2 Å². The molecule has 19 heavy (non-hydrogen) atoms. The fraction of sp³-hybridized carbons (Fsp3) is 0.400. The Labute approximate surface area is 117 Å². The van der Waals surface area contributed by atoms with Crippen LogP contribution >= 0.6 is 11.3 Å². The molecule has 1 aliphatic heterocycles. The maximum atomic E-state index is 12.7. The lowest BCUT2D eigenvalue weighted by Crippen LogP contribution is -2.59. The van der Waals surface area contributed by atoms with Crippen LogP contribution in [-0.4, -0.2) is 36.0 Å². The number of carbonyl (C=O) groups excluding carboxylic acids is 1. The van der Waals surface area contributed by atoms with Crippen molar-refractivity contribution < 1.29 is 4.79 Å². The van der Waals surface area contributed by atoms with Gasteiger partial charge in [-0.2, -0.15) is 0 Å². The number of benzene rings is 1. The van der Waals surface area contributed by atoms with Crippen molar-refractivity contribution in [2.24, 2.45) is 0 Å². The number of fused-ring (bicyclic) bond motifs is 1. The van der Waals surface area contributed by atoms with Crippen molar-refractivity contribution >= 4 is 27.3 Å². The molecule has 0 unspecified atom stereocenters. The average Bonchev–Trinajstić information content (AvgIpc) is 2.81.